The van der Waals surface area contributed by atoms with Gasteiger partial charge in [-0.3, -0.25) is 4.79 Å². The fourth-order valence-electron chi connectivity index (χ4n) is 3.43. The Bertz CT molecular complexity index is 1100. The molecule has 1 aliphatic rings. The molecule has 3 aromatic heterocycles. The van der Waals surface area contributed by atoms with Gasteiger partial charge in [0, 0.05) is 18.7 Å². The molecule has 0 fully saturated rings. The molecule has 0 aliphatic carbocycles. The van der Waals surface area contributed by atoms with Crippen LogP contribution >= 0.6 is 0 Å². The van der Waals surface area contributed by atoms with Gasteiger partial charge in [0.1, 0.15) is 5.52 Å². The normalized spacial score (nSPS) is 16.8. The summed E-state index contributed by atoms with van der Waals surface area (Å²) >= 11 is 0. The maximum Gasteiger partial charge on any atom is 0.292 e. The monoisotopic (exact) mass is 349 g/mol. The van der Waals surface area contributed by atoms with E-state index in [-0.39, 0.29) is 11.7 Å². The third-order valence-corrected chi connectivity index (χ3v) is 4.70. The number of aromatic amines is 1. The second kappa shape index (κ2) is 5.55. The number of hydrogen-bond donors (Lipinski definition) is 1. The van der Waals surface area contributed by atoms with Crippen LogP contribution in [0.4, 0.5) is 0 Å². The quantitative estimate of drug-likeness (QED) is 0.597. The molecule has 0 saturated heterocycles. The van der Waals surface area contributed by atoms with Crippen molar-refractivity contribution >= 4 is 17.0 Å². The highest BCUT2D eigenvalue weighted by Gasteiger charge is 2.38. The van der Waals surface area contributed by atoms with Crippen molar-refractivity contribution in [1.29, 1.82) is 0 Å². The molecule has 0 radical (unpaired) electrons. The number of H-pyrrole nitrogens is 1. The molecule has 8 heteroatoms. The smallest absolute Gasteiger partial charge is 0.292 e. The molecular weight excluding hydrogens is 334 g/mol. The van der Waals surface area contributed by atoms with Crippen molar-refractivity contribution in [2.75, 3.05) is 6.54 Å². The summed E-state index contributed by atoms with van der Waals surface area (Å²) in [6.45, 7) is 2.48. The Morgan fingerprint density at radius 2 is 2.31 bits per heavy atom. The van der Waals surface area contributed by atoms with Crippen molar-refractivity contribution in [3.05, 3.63) is 65.7 Å². The van der Waals surface area contributed by atoms with Crippen molar-refractivity contribution in [2.24, 2.45) is 0 Å². The predicted molar refractivity (Wildman–Crippen MR) is 90.4 cm³/mol. The fourth-order valence-corrected chi connectivity index (χ4v) is 3.43. The number of para-hydroxylation sites is 1. The van der Waals surface area contributed by atoms with Gasteiger partial charge in [0.15, 0.2) is 18.0 Å². The van der Waals surface area contributed by atoms with Gasteiger partial charge < -0.3 is 18.7 Å². The van der Waals surface area contributed by atoms with Gasteiger partial charge in [-0.1, -0.05) is 12.1 Å². The zero-order valence-electron chi connectivity index (χ0n) is 14.0. The van der Waals surface area contributed by atoms with Crippen molar-refractivity contribution in [3.8, 4) is 0 Å². The van der Waals surface area contributed by atoms with Gasteiger partial charge in [0.05, 0.1) is 18.2 Å². The number of nitrogens with zero attached hydrogens (tertiary/aromatic N) is 4. The molecule has 1 atom stereocenters. The number of amides is 1. The minimum absolute atomic E-state index is 0.182. The molecule has 8 nitrogen and oxygen atoms in total. The summed E-state index contributed by atoms with van der Waals surface area (Å²) in [4.78, 5) is 30.7. The Hall–Kier alpha value is -3.42. The van der Waals surface area contributed by atoms with Crippen LogP contribution in [-0.4, -0.2) is 37.3 Å². The highest BCUT2D eigenvalue weighted by atomic mass is 16.4. The number of carbonyl (C=O) groups is 1. The molecule has 5 rings (SSSR count). The second-order valence-corrected chi connectivity index (χ2v) is 6.26. The van der Waals surface area contributed by atoms with Crippen LogP contribution in [0.2, 0.25) is 0 Å². The predicted octanol–water partition coefficient (Wildman–Crippen LogP) is 2.64. The minimum atomic E-state index is -0.519. The number of hydrogen-bond acceptors (Lipinski definition) is 6. The number of benzene rings is 1. The lowest BCUT2D eigenvalue weighted by atomic mass is 10.0. The van der Waals surface area contributed by atoms with Gasteiger partial charge >= 0.3 is 0 Å². The number of aromatic nitrogens is 4. The largest absolute Gasteiger partial charge is 0.438 e. The Balaban J connectivity index is 1.66. The number of fused-ring (bicyclic) bond motifs is 2. The lowest BCUT2D eigenvalue weighted by Gasteiger charge is -2.32. The molecule has 1 amide bonds. The molecule has 1 aromatic carbocycles. The SMILES string of the molecule is Cc1cccc2oc([C@@H]3c4nc[nH]c4CCN3C(=O)c3cnco3)nc12. The van der Waals surface area contributed by atoms with E-state index in [2.05, 4.69) is 19.9 Å². The fraction of sp³-hybridized carbons (Fsp3) is 0.222. The summed E-state index contributed by atoms with van der Waals surface area (Å²) in [7, 11) is 0. The Morgan fingerprint density at radius 3 is 3.12 bits per heavy atom. The van der Waals surface area contributed by atoms with Crippen LogP contribution in [0.5, 0.6) is 0 Å². The lowest BCUT2D eigenvalue weighted by Crippen LogP contribution is -2.40. The topological polar surface area (TPSA) is 101 Å². The first-order chi connectivity index (χ1) is 12.7. The highest BCUT2D eigenvalue weighted by molar-refractivity contribution is 5.92. The Labute approximate surface area is 147 Å². The van der Waals surface area contributed by atoms with Gasteiger partial charge in [0.2, 0.25) is 11.7 Å². The van der Waals surface area contributed by atoms with Gasteiger partial charge in [-0.2, -0.15) is 0 Å². The van der Waals surface area contributed by atoms with Crippen LogP contribution in [-0.2, 0) is 6.42 Å². The number of carbonyl (C=O) groups excluding carboxylic acids is 1. The maximum absolute atomic E-state index is 12.9. The Kier molecular flexibility index (Phi) is 3.18. The molecule has 4 heterocycles. The maximum atomic E-state index is 12.9. The molecule has 0 unspecified atom stereocenters. The number of rotatable bonds is 2. The molecule has 130 valence electrons. The summed E-state index contributed by atoms with van der Waals surface area (Å²) in [6.07, 6.45) is 4.96. The summed E-state index contributed by atoms with van der Waals surface area (Å²) in [5.41, 5.74) is 4.22. The van der Waals surface area contributed by atoms with E-state index in [0.717, 1.165) is 22.5 Å². The highest BCUT2D eigenvalue weighted by Crippen LogP contribution is 2.35. The van der Waals surface area contributed by atoms with Crippen molar-refractivity contribution in [2.45, 2.75) is 19.4 Å². The molecular formula is C18H15N5O3. The van der Waals surface area contributed by atoms with Crippen molar-refractivity contribution < 1.29 is 13.6 Å². The summed E-state index contributed by atoms with van der Waals surface area (Å²) in [5, 5.41) is 0. The van der Waals surface area contributed by atoms with E-state index in [4.69, 9.17) is 8.83 Å². The van der Waals surface area contributed by atoms with Crippen molar-refractivity contribution in [3.63, 3.8) is 0 Å². The van der Waals surface area contributed by atoms with Crippen LogP contribution in [0.1, 0.15) is 39.4 Å². The Morgan fingerprint density at radius 1 is 1.38 bits per heavy atom. The first-order valence-corrected chi connectivity index (χ1v) is 8.30. The second-order valence-electron chi connectivity index (χ2n) is 6.26. The van der Waals surface area contributed by atoms with Crippen LogP contribution in [0.3, 0.4) is 0 Å². The first-order valence-electron chi connectivity index (χ1n) is 8.30. The van der Waals surface area contributed by atoms with Crippen molar-refractivity contribution in [1.82, 2.24) is 24.8 Å². The van der Waals surface area contributed by atoms with E-state index in [0.29, 0.717) is 24.4 Å². The summed E-state index contributed by atoms with van der Waals surface area (Å²) in [6, 6.07) is 5.25. The van der Waals surface area contributed by atoms with Crippen LogP contribution < -0.4 is 0 Å². The third kappa shape index (κ3) is 2.15. The number of imidazole rings is 1. The van der Waals surface area contributed by atoms with Crippen LogP contribution in [0, 0.1) is 6.92 Å². The minimum Gasteiger partial charge on any atom is -0.438 e. The zero-order valence-corrected chi connectivity index (χ0v) is 14.0. The standard InChI is InChI=1S/C18H15N5O3/c1-10-3-2-4-12-14(10)22-17(26-12)16-15-11(20-8-21-15)5-6-23(16)18(24)13-7-19-9-25-13/h2-4,7-9,16H,5-6H2,1H3,(H,20,21)/t16-/m0/s1. The van der Waals surface area contributed by atoms with Gasteiger partial charge in [0.25, 0.3) is 5.91 Å². The molecule has 26 heavy (non-hydrogen) atoms. The van der Waals surface area contributed by atoms with Crippen LogP contribution in [0.15, 0.2) is 46.0 Å². The molecule has 0 spiro atoms. The van der Waals surface area contributed by atoms with E-state index in [1.807, 2.05) is 25.1 Å². The lowest BCUT2D eigenvalue weighted by molar-refractivity contribution is 0.0635. The molecule has 4 aromatic rings. The number of nitrogens with one attached hydrogen (secondary N) is 1. The molecule has 1 N–H and O–H groups in total. The summed E-state index contributed by atoms with van der Waals surface area (Å²) < 4.78 is 11.2. The average molecular weight is 349 g/mol. The van der Waals surface area contributed by atoms with Gasteiger partial charge in [-0.05, 0) is 18.6 Å². The third-order valence-electron chi connectivity index (χ3n) is 4.70. The van der Waals surface area contributed by atoms with E-state index >= 15 is 0 Å². The zero-order chi connectivity index (χ0) is 17.7. The first kappa shape index (κ1) is 14.9. The number of aryl methyl sites for hydroxylation is 1. The summed E-state index contributed by atoms with van der Waals surface area (Å²) in [5.74, 6) is 0.358. The van der Waals surface area contributed by atoms with E-state index in [1.54, 1.807) is 11.2 Å². The van der Waals surface area contributed by atoms with Gasteiger partial charge in [-0.25, -0.2) is 15.0 Å². The average Bonchev–Trinajstić information content (AvgIpc) is 3.39. The molecule has 1 aliphatic heterocycles. The van der Waals surface area contributed by atoms with Crippen LogP contribution in [0.25, 0.3) is 11.1 Å². The van der Waals surface area contributed by atoms with E-state index in [9.17, 15) is 4.79 Å². The van der Waals surface area contributed by atoms with E-state index in [1.165, 1.54) is 12.6 Å². The van der Waals surface area contributed by atoms with Gasteiger partial charge in [-0.15, -0.1) is 0 Å². The molecule has 0 bridgehead atoms. The molecule has 0 saturated carbocycles. The van der Waals surface area contributed by atoms with E-state index < -0.39 is 6.04 Å². The number of oxazole rings is 2.